The summed E-state index contributed by atoms with van der Waals surface area (Å²) in [7, 11) is 0. The first-order valence-electron chi connectivity index (χ1n) is 9.97. The van der Waals surface area contributed by atoms with Gasteiger partial charge in [-0.2, -0.15) is 0 Å². The second kappa shape index (κ2) is 7.35. The molecule has 1 aliphatic carbocycles. The van der Waals surface area contributed by atoms with Crippen LogP contribution < -0.4 is 16.8 Å². The Morgan fingerprint density at radius 2 is 1.97 bits per heavy atom. The van der Waals surface area contributed by atoms with Crippen LogP contribution in [0, 0.1) is 18.3 Å². The summed E-state index contributed by atoms with van der Waals surface area (Å²) in [5, 5.41) is 4.21. The van der Waals surface area contributed by atoms with Gasteiger partial charge in [0.25, 0.3) is 11.8 Å². The number of nitrogens with two attached hydrogens (primary N) is 2. The summed E-state index contributed by atoms with van der Waals surface area (Å²) in [5.74, 6) is -0.305. The van der Waals surface area contributed by atoms with Gasteiger partial charge in [-0.1, -0.05) is 20.8 Å². The van der Waals surface area contributed by atoms with E-state index in [1.807, 2.05) is 19.1 Å². The van der Waals surface area contributed by atoms with Crippen LogP contribution in [0.15, 0.2) is 12.1 Å². The predicted octanol–water partition coefficient (Wildman–Crippen LogP) is 4.75. The molecule has 158 valence electrons. The zero-order valence-electron chi connectivity index (χ0n) is 17.6. The van der Waals surface area contributed by atoms with Gasteiger partial charge in [-0.3, -0.25) is 9.59 Å². The van der Waals surface area contributed by atoms with Crippen LogP contribution >= 0.6 is 22.7 Å². The molecule has 0 bridgehead atoms. The van der Waals surface area contributed by atoms with Crippen molar-refractivity contribution in [3.05, 3.63) is 38.7 Å². The van der Waals surface area contributed by atoms with E-state index in [2.05, 4.69) is 31.1 Å². The van der Waals surface area contributed by atoms with Crippen molar-refractivity contribution in [2.24, 2.45) is 17.1 Å². The lowest BCUT2D eigenvalue weighted by molar-refractivity contribution is 0.1000. The fourth-order valence-electron chi connectivity index (χ4n) is 4.09. The zero-order valence-corrected chi connectivity index (χ0v) is 19.2. The highest BCUT2D eigenvalue weighted by atomic mass is 32.1. The summed E-state index contributed by atoms with van der Waals surface area (Å²) in [6, 6.07) is 3.75. The molecule has 0 radical (unpaired) electrons. The first-order chi connectivity index (χ1) is 14.1. The Balaban J connectivity index is 1.68. The largest absolute Gasteiger partial charge is 0.397 e. The SMILES string of the molecule is Cc1ccc2c(N)c(C(=O)Nc3sc4c(c3C(N)=O)CCC(C(C)(C)C)C4)sc2n1. The molecule has 0 saturated heterocycles. The van der Waals surface area contributed by atoms with E-state index in [0.29, 0.717) is 27.0 Å². The number of carbonyl (C=O) groups is 2. The van der Waals surface area contributed by atoms with Gasteiger partial charge in [0.2, 0.25) is 0 Å². The molecule has 30 heavy (non-hydrogen) atoms. The van der Waals surface area contributed by atoms with Crippen LogP contribution in [-0.2, 0) is 12.8 Å². The van der Waals surface area contributed by atoms with Crippen molar-refractivity contribution in [1.82, 2.24) is 4.98 Å². The minimum absolute atomic E-state index is 0.189. The predicted molar refractivity (Wildman–Crippen MR) is 125 cm³/mol. The van der Waals surface area contributed by atoms with E-state index >= 15 is 0 Å². The smallest absolute Gasteiger partial charge is 0.268 e. The normalized spacial score (nSPS) is 16.5. The maximum atomic E-state index is 13.0. The number of carbonyl (C=O) groups excluding carboxylic acids is 2. The Morgan fingerprint density at radius 3 is 2.63 bits per heavy atom. The Labute approximate surface area is 183 Å². The van der Waals surface area contributed by atoms with Gasteiger partial charge in [0, 0.05) is 16.0 Å². The topological polar surface area (TPSA) is 111 Å². The lowest BCUT2D eigenvalue weighted by atomic mass is 9.72. The molecule has 8 heteroatoms. The molecule has 0 fully saturated rings. The van der Waals surface area contributed by atoms with Gasteiger partial charge >= 0.3 is 0 Å². The summed E-state index contributed by atoms with van der Waals surface area (Å²) >= 11 is 2.72. The highest BCUT2D eigenvalue weighted by Crippen LogP contribution is 2.44. The molecule has 0 aliphatic heterocycles. The number of nitrogens with zero attached hydrogens (tertiary/aromatic N) is 1. The van der Waals surface area contributed by atoms with Gasteiger partial charge in [-0.25, -0.2) is 4.98 Å². The second-order valence-corrected chi connectivity index (χ2v) is 11.1. The quantitative estimate of drug-likeness (QED) is 0.543. The Kier molecular flexibility index (Phi) is 5.10. The van der Waals surface area contributed by atoms with E-state index < -0.39 is 5.91 Å². The molecule has 0 saturated carbocycles. The third-order valence-corrected chi connectivity index (χ3v) is 8.19. The molecule has 3 aromatic rings. The van der Waals surface area contributed by atoms with Crippen LogP contribution in [0.2, 0.25) is 0 Å². The van der Waals surface area contributed by atoms with E-state index in [4.69, 9.17) is 11.5 Å². The van der Waals surface area contributed by atoms with E-state index in [9.17, 15) is 9.59 Å². The number of nitrogen functional groups attached to an aromatic ring is 1. The van der Waals surface area contributed by atoms with Gasteiger partial charge in [0.15, 0.2) is 0 Å². The van der Waals surface area contributed by atoms with Crippen molar-refractivity contribution in [1.29, 1.82) is 0 Å². The number of aryl methyl sites for hydroxylation is 1. The number of pyridine rings is 1. The van der Waals surface area contributed by atoms with Crippen molar-refractivity contribution >= 4 is 55.4 Å². The highest BCUT2D eigenvalue weighted by Gasteiger charge is 2.33. The highest BCUT2D eigenvalue weighted by molar-refractivity contribution is 7.21. The maximum Gasteiger partial charge on any atom is 0.268 e. The van der Waals surface area contributed by atoms with Crippen LogP contribution in [0.3, 0.4) is 0 Å². The molecule has 6 nitrogen and oxygen atoms in total. The minimum atomic E-state index is -0.501. The number of fused-ring (bicyclic) bond motifs is 2. The second-order valence-electron chi connectivity index (χ2n) is 8.98. The number of aromatic nitrogens is 1. The molecule has 0 aromatic carbocycles. The minimum Gasteiger partial charge on any atom is -0.397 e. The van der Waals surface area contributed by atoms with Crippen molar-refractivity contribution < 1.29 is 9.59 Å². The summed E-state index contributed by atoms with van der Waals surface area (Å²) in [6.45, 7) is 8.63. The molecule has 0 spiro atoms. The summed E-state index contributed by atoms with van der Waals surface area (Å²) in [4.78, 5) is 32.0. The van der Waals surface area contributed by atoms with Crippen LogP contribution in [0.1, 0.15) is 63.4 Å². The lowest BCUT2D eigenvalue weighted by Crippen LogP contribution is -2.27. The average molecular weight is 443 g/mol. The van der Waals surface area contributed by atoms with Crippen molar-refractivity contribution in [3.63, 3.8) is 0 Å². The number of thiophene rings is 2. The van der Waals surface area contributed by atoms with E-state index in [0.717, 1.165) is 45.6 Å². The zero-order chi connectivity index (χ0) is 21.8. The van der Waals surface area contributed by atoms with Crippen molar-refractivity contribution in [3.8, 4) is 0 Å². The molecule has 1 aliphatic rings. The van der Waals surface area contributed by atoms with Crippen molar-refractivity contribution in [2.45, 2.75) is 47.0 Å². The molecule has 3 heterocycles. The Morgan fingerprint density at radius 1 is 1.23 bits per heavy atom. The lowest BCUT2D eigenvalue weighted by Gasteiger charge is -2.33. The van der Waals surface area contributed by atoms with Gasteiger partial charge in [0.1, 0.15) is 14.7 Å². The molecular weight excluding hydrogens is 416 g/mol. The number of hydrogen-bond acceptors (Lipinski definition) is 6. The molecule has 2 amide bonds. The number of amides is 2. The molecule has 1 unspecified atom stereocenters. The summed E-state index contributed by atoms with van der Waals surface area (Å²) in [5.41, 5.74) is 14.8. The average Bonchev–Trinajstić information content (AvgIpc) is 3.17. The number of nitrogens with one attached hydrogen (secondary N) is 1. The van der Waals surface area contributed by atoms with Gasteiger partial charge in [-0.05, 0) is 55.2 Å². The van der Waals surface area contributed by atoms with Crippen LogP contribution in [-0.4, -0.2) is 16.8 Å². The van der Waals surface area contributed by atoms with Gasteiger partial charge in [0.05, 0.1) is 11.3 Å². The van der Waals surface area contributed by atoms with Crippen LogP contribution in [0.25, 0.3) is 10.2 Å². The molecule has 5 N–H and O–H groups in total. The molecule has 1 atom stereocenters. The van der Waals surface area contributed by atoms with E-state index in [-0.39, 0.29) is 11.3 Å². The molecule has 3 aromatic heterocycles. The number of rotatable bonds is 3. The van der Waals surface area contributed by atoms with E-state index in [1.54, 1.807) is 0 Å². The first kappa shape index (κ1) is 20.8. The Bertz CT molecular complexity index is 1170. The number of hydrogen-bond donors (Lipinski definition) is 3. The first-order valence-corrected chi connectivity index (χ1v) is 11.6. The summed E-state index contributed by atoms with van der Waals surface area (Å²) in [6.07, 6.45) is 2.71. The number of anilines is 2. The van der Waals surface area contributed by atoms with Crippen LogP contribution in [0.4, 0.5) is 10.7 Å². The molecule has 4 rings (SSSR count). The third kappa shape index (κ3) is 3.58. The maximum absolute atomic E-state index is 13.0. The summed E-state index contributed by atoms with van der Waals surface area (Å²) < 4.78 is 0. The Hall–Kier alpha value is -2.45. The third-order valence-electron chi connectivity index (χ3n) is 5.90. The monoisotopic (exact) mass is 442 g/mol. The standard InChI is InChI=1S/C22H26N4O2S2/c1-10-5-7-13-16(23)17(30-20(13)25-10)19(28)26-21-15(18(24)27)12-8-6-11(22(2,3)4)9-14(12)29-21/h5,7,11H,6,8-9,23H2,1-4H3,(H2,24,27)(H,26,28). The number of primary amides is 1. The fourth-order valence-corrected chi connectivity index (χ4v) is 6.45. The van der Waals surface area contributed by atoms with Gasteiger partial charge in [-0.15, -0.1) is 22.7 Å². The van der Waals surface area contributed by atoms with E-state index in [1.165, 1.54) is 22.7 Å². The van der Waals surface area contributed by atoms with Crippen molar-refractivity contribution in [2.75, 3.05) is 11.1 Å². The fraction of sp³-hybridized carbons (Fsp3) is 0.409. The molecular formula is C22H26N4O2S2. The van der Waals surface area contributed by atoms with Gasteiger partial charge < -0.3 is 16.8 Å². The van der Waals surface area contributed by atoms with Crippen LogP contribution in [0.5, 0.6) is 0 Å².